The molecule has 1 fully saturated rings. The predicted molar refractivity (Wildman–Crippen MR) is 82.7 cm³/mol. The van der Waals surface area contributed by atoms with Gasteiger partial charge in [-0.1, -0.05) is 6.07 Å². The first-order chi connectivity index (χ1) is 9.20. The van der Waals surface area contributed by atoms with Crippen LogP contribution in [0.2, 0.25) is 0 Å². The van der Waals surface area contributed by atoms with Gasteiger partial charge in [-0.05, 0) is 66.5 Å². The summed E-state index contributed by atoms with van der Waals surface area (Å²) < 4.78 is 6.25. The van der Waals surface area contributed by atoms with Crippen LogP contribution in [0.3, 0.4) is 0 Å². The highest BCUT2D eigenvalue weighted by Gasteiger charge is 2.17. The average molecular weight is 327 g/mol. The molecule has 0 saturated carbocycles. The predicted octanol–water partition coefficient (Wildman–Crippen LogP) is 3.03. The lowest BCUT2D eigenvalue weighted by atomic mass is 10.2. The summed E-state index contributed by atoms with van der Waals surface area (Å²) in [5.74, 6) is 0.884. The van der Waals surface area contributed by atoms with Gasteiger partial charge in [0, 0.05) is 19.1 Å². The van der Waals surface area contributed by atoms with Crippen molar-refractivity contribution in [3.8, 4) is 5.75 Å². The summed E-state index contributed by atoms with van der Waals surface area (Å²) in [6.07, 6.45) is 2.71. The Labute approximate surface area is 124 Å². The molecule has 1 aromatic rings. The fourth-order valence-electron chi connectivity index (χ4n) is 2.56. The normalized spacial score (nSPS) is 17.6. The van der Waals surface area contributed by atoms with Gasteiger partial charge in [-0.25, -0.2) is 0 Å². The summed E-state index contributed by atoms with van der Waals surface area (Å²) in [5.41, 5.74) is 1.28. The van der Waals surface area contributed by atoms with Crippen molar-refractivity contribution in [3.63, 3.8) is 0 Å². The SMILES string of the molecule is COc1ccc(CNCC(C)N2CCCC2)cc1Br. The third kappa shape index (κ3) is 4.20. The van der Waals surface area contributed by atoms with E-state index in [1.807, 2.05) is 6.07 Å². The molecule has 0 radical (unpaired) electrons. The van der Waals surface area contributed by atoms with E-state index in [0.29, 0.717) is 6.04 Å². The van der Waals surface area contributed by atoms with E-state index in [-0.39, 0.29) is 0 Å². The van der Waals surface area contributed by atoms with E-state index in [0.717, 1.165) is 23.3 Å². The summed E-state index contributed by atoms with van der Waals surface area (Å²) in [7, 11) is 1.69. The van der Waals surface area contributed by atoms with Gasteiger partial charge in [-0.15, -0.1) is 0 Å². The highest BCUT2D eigenvalue weighted by molar-refractivity contribution is 9.10. The molecule has 106 valence electrons. The summed E-state index contributed by atoms with van der Waals surface area (Å²) in [5, 5.41) is 3.54. The molecule has 1 aromatic carbocycles. The Morgan fingerprint density at radius 2 is 2.11 bits per heavy atom. The second-order valence-corrected chi connectivity index (χ2v) is 6.05. The topological polar surface area (TPSA) is 24.5 Å². The van der Waals surface area contributed by atoms with Crippen molar-refractivity contribution in [2.75, 3.05) is 26.7 Å². The van der Waals surface area contributed by atoms with Gasteiger partial charge in [-0.2, -0.15) is 0 Å². The van der Waals surface area contributed by atoms with Crippen LogP contribution in [-0.2, 0) is 6.54 Å². The second kappa shape index (κ2) is 7.27. The van der Waals surface area contributed by atoms with E-state index in [2.05, 4.69) is 45.2 Å². The number of likely N-dealkylation sites (tertiary alicyclic amines) is 1. The van der Waals surface area contributed by atoms with Crippen molar-refractivity contribution < 1.29 is 4.74 Å². The van der Waals surface area contributed by atoms with Gasteiger partial charge in [0.2, 0.25) is 0 Å². The lowest BCUT2D eigenvalue weighted by Crippen LogP contribution is -2.38. The molecule has 1 heterocycles. The molecule has 0 aromatic heterocycles. The van der Waals surface area contributed by atoms with E-state index >= 15 is 0 Å². The molecule has 0 spiro atoms. The maximum Gasteiger partial charge on any atom is 0.133 e. The molecule has 1 N–H and O–H groups in total. The van der Waals surface area contributed by atoms with Crippen LogP contribution in [0.25, 0.3) is 0 Å². The first-order valence-corrected chi connectivity index (χ1v) is 7.77. The number of hydrogen-bond donors (Lipinski definition) is 1. The van der Waals surface area contributed by atoms with Crippen LogP contribution in [-0.4, -0.2) is 37.7 Å². The smallest absolute Gasteiger partial charge is 0.133 e. The van der Waals surface area contributed by atoms with Crippen LogP contribution in [0.1, 0.15) is 25.3 Å². The summed E-state index contributed by atoms with van der Waals surface area (Å²) in [6.45, 7) is 6.78. The summed E-state index contributed by atoms with van der Waals surface area (Å²) >= 11 is 3.52. The third-order valence-corrected chi connectivity index (χ3v) is 4.37. The van der Waals surface area contributed by atoms with Gasteiger partial charge in [0.25, 0.3) is 0 Å². The van der Waals surface area contributed by atoms with Crippen molar-refractivity contribution in [3.05, 3.63) is 28.2 Å². The van der Waals surface area contributed by atoms with Gasteiger partial charge in [0.1, 0.15) is 5.75 Å². The minimum Gasteiger partial charge on any atom is -0.496 e. The number of nitrogens with one attached hydrogen (secondary N) is 1. The summed E-state index contributed by atoms with van der Waals surface area (Å²) in [6, 6.07) is 6.86. The van der Waals surface area contributed by atoms with Gasteiger partial charge >= 0.3 is 0 Å². The molecule has 2 rings (SSSR count). The molecule has 3 nitrogen and oxygen atoms in total. The number of ether oxygens (including phenoxy) is 1. The van der Waals surface area contributed by atoms with Crippen LogP contribution < -0.4 is 10.1 Å². The molecule has 0 bridgehead atoms. The molecular weight excluding hydrogens is 304 g/mol. The van der Waals surface area contributed by atoms with E-state index in [4.69, 9.17) is 4.74 Å². The van der Waals surface area contributed by atoms with E-state index in [1.165, 1.54) is 31.5 Å². The molecule has 1 aliphatic heterocycles. The quantitative estimate of drug-likeness (QED) is 0.869. The van der Waals surface area contributed by atoms with E-state index in [1.54, 1.807) is 7.11 Å². The Hall–Kier alpha value is -0.580. The van der Waals surface area contributed by atoms with Gasteiger partial charge in [-0.3, -0.25) is 4.90 Å². The number of hydrogen-bond acceptors (Lipinski definition) is 3. The summed E-state index contributed by atoms with van der Waals surface area (Å²) in [4.78, 5) is 2.57. The fraction of sp³-hybridized carbons (Fsp3) is 0.600. The highest BCUT2D eigenvalue weighted by Crippen LogP contribution is 2.25. The zero-order valence-electron chi connectivity index (χ0n) is 11.8. The van der Waals surface area contributed by atoms with E-state index < -0.39 is 0 Å². The highest BCUT2D eigenvalue weighted by atomic mass is 79.9. The lowest BCUT2D eigenvalue weighted by Gasteiger charge is -2.24. The molecule has 1 saturated heterocycles. The molecular formula is C15H23BrN2O. The number of methoxy groups -OCH3 is 1. The molecule has 0 aliphatic carbocycles. The minimum absolute atomic E-state index is 0.629. The number of nitrogens with zero attached hydrogens (tertiary/aromatic N) is 1. The third-order valence-electron chi connectivity index (χ3n) is 3.75. The van der Waals surface area contributed by atoms with Gasteiger partial charge in [0.05, 0.1) is 11.6 Å². The van der Waals surface area contributed by atoms with Crippen LogP contribution in [0.4, 0.5) is 0 Å². The minimum atomic E-state index is 0.629. The molecule has 1 atom stereocenters. The van der Waals surface area contributed by atoms with Crippen molar-refractivity contribution in [2.24, 2.45) is 0 Å². The van der Waals surface area contributed by atoms with Gasteiger partial charge < -0.3 is 10.1 Å². The van der Waals surface area contributed by atoms with Crippen molar-refractivity contribution in [1.29, 1.82) is 0 Å². The van der Waals surface area contributed by atoms with E-state index in [9.17, 15) is 0 Å². The molecule has 1 aliphatic rings. The Kier molecular flexibility index (Phi) is 5.67. The Morgan fingerprint density at radius 1 is 1.37 bits per heavy atom. The monoisotopic (exact) mass is 326 g/mol. The number of halogens is 1. The van der Waals surface area contributed by atoms with Crippen LogP contribution >= 0.6 is 15.9 Å². The Balaban J connectivity index is 1.77. The lowest BCUT2D eigenvalue weighted by molar-refractivity contribution is 0.251. The number of benzene rings is 1. The standard InChI is InChI=1S/C15H23BrN2O/c1-12(18-7-3-4-8-18)10-17-11-13-5-6-15(19-2)14(16)9-13/h5-6,9,12,17H,3-4,7-8,10-11H2,1-2H3. The van der Waals surface area contributed by atoms with Gasteiger partial charge in [0.15, 0.2) is 0 Å². The molecule has 4 heteroatoms. The second-order valence-electron chi connectivity index (χ2n) is 5.19. The van der Waals surface area contributed by atoms with Crippen molar-refractivity contribution in [1.82, 2.24) is 10.2 Å². The Bertz CT molecular complexity index is 405. The van der Waals surface area contributed by atoms with Crippen molar-refractivity contribution >= 4 is 15.9 Å². The first kappa shape index (κ1) is 14.8. The van der Waals surface area contributed by atoms with Crippen molar-refractivity contribution in [2.45, 2.75) is 32.4 Å². The van der Waals surface area contributed by atoms with Crippen LogP contribution in [0.5, 0.6) is 5.75 Å². The fourth-order valence-corrected chi connectivity index (χ4v) is 3.14. The molecule has 1 unspecified atom stereocenters. The van der Waals surface area contributed by atoms with Crippen LogP contribution in [0.15, 0.2) is 22.7 Å². The zero-order valence-corrected chi connectivity index (χ0v) is 13.4. The first-order valence-electron chi connectivity index (χ1n) is 6.98. The number of rotatable bonds is 6. The maximum atomic E-state index is 5.24. The Morgan fingerprint density at radius 3 is 2.74 bits per heavy atom. The van der Waals surface area contributed by atoms with Crippen LogP contribution in [0, 0.1) is 0 Å². The maximum absolute atomic E-state index is 5.24. The largest absolute Gasteiger partial charge is 0.496 e. The molecule has 19 heavy (non-hydrogen) atoms. The zero-order chi connectivity index (χ0) is 13.7. The molecule has 0 amide bonds. The average Bonchev–Trinajstić information content (AvgIpc) is 2.93.